The third-order valence-electron chi connectivity index (χ3n) is 3.95. The molecule has 1 aliphatic rings. The summed E-state index contributed by atoms with van der Waals surface area (Å²) in [5, 5.41) is 10.5. The van der Waals surface area contributed by atoms with Crippen molar-refractivity contribution in [1.82, 2.24) is 4.98 Å². The first-order chi connectivity index (χ1) is 9.14. The van der Waals surface area contributed by atoms with Crippen molar-refractivity contribution in [2.45, 2.75) is 38.5 Å². The van der Waals surface area contributed by atoms with Gasteiger partial charge in [0.25, 0.3) is 0 Å². The Labute approximate surface area is 117 Å². The van der Waals surface area contributed by atoms with Crippen LogP contribution in [-0.4, -0.2) is 4.98 Å². The largest absolute Gasteiger partial charge is 0.241 e. The lowest BCUT2D eigenvalue weighted by Crippen LogP contribution is -2.31. The summed E-state index contributed by atoms with van der Waals surface area (Å²) >= 11 is 1.69. The maximum atomic E-state index is 9.46. The van der Waals surface area contributed by atoms with Gasteiger partial charge in [-0.25, -0.2) is 4.98 Å². The van der Waals surface area contributed by atoms with Gasteiger partial charge in [0.15, 0.2) is 0 Å². The lowest BCUT2D eigenvalue weighted by Gasteiger charge is -2.34. The number of nitriles is 1. The molecule has 0 amide bonds. The molecule has 3 heteroatoms. The Hall–Kier alpha value is -1.66. The highest BCUT2D eigenvalue weighted by atomic mass is 32.1. The fraction of sp³-hybridized carbons (Fsp3) is 0.375. The number of hydrogen-bond acceptors (Lipinski definition) is 3. The number of thiazole rings is 1. The Morgan fingerprint density at radius 2 is 1.89 bits per heavy atom. The van der Waals surface area contributed by atoms with Crippen LogP contribution in [0.4, 0.5) is 0 Å². The predicted molar refractivity (Wildman–Crippen MR) is 78.2 cm³/mol. The molecule has 2 nitrogen and oxygen atoms in total. The van der Waals surface area contributed by atoms with E-state index in [1.54, 1.807) is 11.3 Å². The van der Waals surface area contributed by atoms with Crippen LogP contribution in [0.15, 0.2) is 24.3 Å². The summed E-state index contributed by atoms with van der Waals surface area (Å²) in [5.74, 6) is 0. The first-order valence-electron chi connectivity index (χ1n) is 6.61. The van der Waals surface area contributed by atoms with E-state index in [-0.39, 0.29) is 5.41 Å². The first kappa shape index (κ1) is 12.4. The summed E-state index contributed by atoms with van der Waals surface area (Å²) in [6, 6.07) is 10.9. The molecule has 1 fully saturated rings. The normalized spacial score (nSPS) is 16.7. The summed E-state index contributed by atoms with van der Waals surface area (Å²) in [7, 11) is 0. The van der Waals surface area contributed by atoms with Crippen molar-refractivity contribution >= 4 is 11.3 Å². The molecule has 3 rings (SSSR count). The van der Waals surface area contributed by atoms with Crippen LogP contribution in [0, 0.1) is 25.2 Å². The molecule has 19 heavy (non-hydrogen) atoms. The van der Waals surface area contributed by atoms with E-state index in [0.717, 1.165) is 35.5 Å². The lowest BCUT2D eigenvalue weighted by atomic mass is 9.68. The van der Waals surface area contributed by atoms with Crippen molar-refractivity contribution in [1.29, 1.82) is 5.26 Å². The molecule has 96 valence electrons. The fourth-order valence-electron chi connectivity index (χ4n) is 2.58. The van der Waals surface area contributed by atoms with Crippen LogP contribution in [-0.2, 0) is 5.41 Å². The van der Waals surface area contributed by atoms with Crippen molar-refractivity contribution in [3.63, 3.8) is 0 Å². The van der Waals surface area contributed by atoms with Crippen molar-refractivity contribution in [3.8, 4) is 16.6 Å². The lowest BCUT2D eigenvalue weighted by molar-refractivity contribution is 0.328. The van der Waals surface area contributed by atoms with E-state index in [1.165, 1.54) is 10.4 Å². The van der Waals surface area contributed by atoms with Gasteiger partial charge in [0, 0.05) is 10.4 Å². The Bertz CT molecular complexity index is 642. The van der Waals surface area contributed by atoms with Crippen molar-refractivity contribution < 1.29 is 0 Å². The zero-order valence-corrected chi connectivity index (χ0v) is 12.0. The molecule has 0 atom stereocenters. The Morgan fingerprint density at radius 1 is 1.21 bits per heavy atom. The van der Waals surface area contributed by atoms with E-state index >= 15 is 0 Å². The third kappa shape index (κ3) is 1.97. The zero-order valence-electron chi connectivity index (χ0n) is 11.2. The average molecular weight is 268 g/mol. The Morgan fingerprint density at radius 3 is 2.42 bits per heavy atom. The van der Waals surface area contributed by atoms with Gasteiger partial charge < -0.3 is 0 Å². The SMILES string of the molecule is Cc1ccc(-c2nc(C)c(C3(C#N)CCC3)s2)cc1. The summed E-state index contributed by atoms with van der Waals surface area (Å²) in [6.07, 6.45) is 3.13. The van der Waals surface area contributed by atoms with Gasteiger partial charge in [0.2, 0.25) is 0 Å². The van der Waals surface area contributed by atoms with Gasteiger partial charge in [-0.15, -0.1) is 11.3 Å². The van der Waals surface area contributed by atoms with E-state index in [2.05, 4.69) is 42.2 Å². The Kier molecular flexibility index (Phi) is 2.91. The smallest absolute Gasteiger partial charge is 0.123 e. The molecule has 0 saturated heterocycles. The number of nitrogens with zero attached hydrogens (tertiary/aromatic N) is 2. The van der Waals surface area contributed by atoms with Crippen molar-refractivity contribution in [3.05, 3.63) is 40.4 Å². The summed E-state index contributed by atoms with van der Waals surface area (Å²) in [5.41, 5.74) is 3.19. The molecule has 1 aliphatic carbocycles. The Balaban J connectivity index is 2.02. The minimum absolute atomic E-state index is 0.245. The molecule has 0 radical (unpaired) electrons. The average Bonchev–Trinajstić information content (AvgIpc) is 2.73. The molecule has 0 N–H and O–H groups in total. The molecular formula is C16H16N2S. The predicted octanol–water partition coefficient (Wildman–Crippen LogP) is 4.37. The van der Waals surface area contributed by atoms with Gasteiger partial charge >= 0.3 is 0 Å². The number of benzene rings is 1. The van der Waals surface area contributed by atoms with Crippen LogP contribution >= 0.6 is 11.3 Å². The second-order valence-corrected chi connectivity index (χ2v) is 6.35. The minimum atomic E-state index is -0.245. The van der Waals surface area contributed by atoms with Crippen LogP contribution in [0.1, 0.15) is 35.4 Å². The van der Waals surface area contributed by atoms with Gasteiger partial charge in [0.05, 0.1) is 17.2 Å². The number of aromatic nitrogens is 1. The molecule has 1 aromatic carbocycles. The highest BCUT2D eigenvalue weighted by molar-refractivity contribution is 7.15. The summed E-state index contributed by atoms with van der Waals surface area (Å²) in [4.78, 5) is 5.85. The van der Waals surface area contributed by atoms with Gasteiger partial charge in [-0.3, -0.25) is 0 Å². The van der Waals surface area contributed by atoms with E-state index in [0.29, 0.717) is 0 Å². The molecule has 1 saturated carbocycles. The second kappa shape index (κ2) is 4.47. The van der Waals surface area contributed by atoms with E-state index in [1.807, 2.05) is 6.92 Å². The van der Waals surface area contributed by atoms with Crippen molar-refractivity contribution in [2.24, 2.45) is 0 Å². The minimum Gasteiger partial charge on any atom is -0.241 e. The topological polar surface area (TPSA) is 36.7 Å². The van der Waals surface area contributed by atoms with Crippen LogP contribution in [0.5, 0.6) is 0 Å². The fourth-order valence-corrected chi connectivity index (χ4v) is 3.85. The number of aryl methyl sites for hydroxylation is 2. The highest BCUT2D eigenvalue weighted by Gasteiger charge is 2.42. The third-order valence-corrected chi connectivity index (χ3v) is 5.36. The molecule has 1 heterocycles. The van der Waals surface area contributed by atoms with Crippen molar-refractivity contribution in [2.75, 3.05) is 0 Å². The molecule has 0 unspecified atom stereocenters. The van der Waals surface area contributed by atoms with Gasteiger partial charge in [-0.1, -0.05) is 29.8 Å². The molecular weight excluding hydrogens is 252 g/mol. The monoisotopic (exact) mass is 268 g/mol. The van der Waals surface area contributed by atoms with Gasteiger partial charge in [-0.05, 0) is 33.1 Å². The molecule has 0 aliphatic heterocycles. The standard InChI is InChI=1S/C16H16N2S/c1-11-4-6-13(7-5-11)15-18-12(2)14(19-15)16(10-17)8-3-9-16/h4-7H,3,8-9H2,1-2H3. The van der Waals surface area contributed by atoms with E-state index in [4.69, 9.17) is 0 Å². The van der Waals surface area contributed by atoms with Gasteiger partial charge in [-0.2, -0.15) is 5.26 Å². The summed E-state index contributed by atoms with van der Waals surface area (Å²) in [6.45, 7) is 4.11. The van der Waals surface area contributed by atoms with Gasteiger partial charge in [0.1, 0.15) is 5.01 Å². The number of rotatable bonds is 2. The number of hydrogen-bond donors (Lipinski definition) is 0. The maximum absolute atomic E-state index is 9.46. The first-order valence-corrected chi connectivity index (χ1v) is 7.42. The van der Waals surface area contributed by atoms with Crippen LogP contribution in [0.3, 0.4) is 0 Å². The summed E-state index contributed by atoms with van der Waals surface area (Å²) < 4.78 is 0. The highest BCUT2D eigenvalue weighted by Crippen LogP contribution is 2.47. The van der Waals surface area contributed by atoms with Crippen LogP contribution < -0.4 is 0 Å². The van der Waals surface area contributed by atoms with E-state index in [9.17, 15) is 5.26 Å². The molecule has 0 bridgehead atoms. The van der Waals surface area contributed by atoms with E-state index < -0.39 is 0 Å². The van der Waals surface area contributed by atoms with Crippen LogP contribution in [0.25, 0.3) is 10.6 Å². The molecule has 0 spiro atoms. The second-order valence-electron chi connectivity index (χ2n) is 5.35. The maximum Gasteiger partial charge on any atom is 0.123 e. The zero-order chi connectivity index (χ0) is 13.5. The van der Waals surface area contributed by atoms with Crippen LogP contribution in [0.2, 0.25) is 0 Å². The molecule has 2 aromatic rings. The molecule has 1 aromatic heterocycles. The quantitative estimate of drug-likeness (QED) is 0.810.